The van der Waals surface area contributed by atoms with E-state index in [2.05, 4.69) is 31.2 Å². The van der Waals surface area contributed by atoms with Crippen molar-refractivity contribution in [1.82, 2.24) is 0 Å². The van der Waals surface area contributed by atoms with Crippen LogP contribution in [0.3, 0.4) is 0 Å². The van der Waals surface area contributed by atoms with Crippen molar-refractivity contribution in [3.8, 4) is 5.75 Å². The van der Waals surface area contributed by atoms with Crippen molar-refractivity contribution < 1.29 is 9.53 Å². The van der Waals surface area contributed by atoms with Crippen LogP contribution in [-0.2, 0) is 0 Å². The van der Waals surface area contributed by atoms with Crippen LogP contribution in [0.25, 0.3) is 0 Å². The van der Waals surface area contributed by atoms with E-state index in [0.717, 1.165) is 17.7 Å². The molecule has 2 atom stereocenters. The molecule has 20 heavy (non-hydrogen) atoms. The van der Waals surface area contributed by atoms with Gasteiger partial charge < -0.3 is 4.74 Å². The van der Waals surface area contributed by atoms with E-state index in [9.17, 15) is 4.79 Å². The lowest BCUT2D eigenvalue weighted by Gasteiger charge is -2.04. The summed E-state index contributed by atoms with van der Waals surface area (Å²) in [6.07, 6.45) is 0.967. The van der Waals surface area contributed by atoms with Crippen LogP contribution in [0.5, 0.6) is 5.75 Å². The molecular weight excluding hydrogens is 248 g/mol. The van der Waals surface area contributed by atoms with Crippen LogP contribution in [0.15, 0.2) is 48.5 Å². The predicted octanol–water partition coefficient (Wildman–Crippen LogP) is 3.99. The summed E-state index contributed by atoms with van der Waals surface area (Å²) in [7, 11) is 1.63. The molecule has 1 saturated carbocycles. The summed E-state index contributed by atoms with van der Waals surface area (Å²) in [5.74, 6) is 1.57. The standard InChI is InChI=1S/C18H18O2/c1-12-4-3-5-14(10-12)16-11-17(16)18(19)13-6-8-15(20-2)9-7-13/h3-10,16-17H,11H2,1-2H3. The SMILES string of the molecule is COc1ccc(C(=O)C2CC2c2cccc(C)c2)cc1. The summed E-state index contributed by atoms with van der Waals surface area (Å²) in [4.78, 5) is 12.4. The Morgan fingerprint density at radius 2 is 1.90 bits per heavy atom. The predicted molar refractivity (Wildman–Crippen MR) is 79.4 cm³/mol. The molecule has 0 radical (unpaired) electrons. The zero-order valence-electron chi connectivity index (χ0n) is 11.8. The van der Waals surface area contributed by atoms with Crippen molar-refractivity contribution in [1.29, 1.82) is 0 Å². The molecule has 2 aromatic rings. The van der Waals surface area contributed by atoms with Gasteiger partial charge in [0.15, 0.2) is 5.78 Å². The molecular formula is C18H18O2. The highest BCUT2D eigenvalue weighted by Crippen LogP contribution is 2.49. The third-order valence-electron chi connectivity index (χ3n) is 3.97. The average Bonchev–Trinajstić information content (AvgIpc) is 3.27. The van der Waals surface area contributed by atoms with Gasteiger partial charge in [-0.15, -0.1) is 0 Å². The van der Waals surface area contributed by atoms with Crippen LogP contribution >= 0.6 is 0 Å². The van der Waals surface area contributed by atoms with Gasteiger partial charge in [0.2, 0.25) is 0 Å². The van der Waals surface area contributed by atoms with Gasteiger partial charge in [-0.1, -0.05) is 29.8 Å². The van der Waals surface area contributed by atoms with Gasteiger partial charge in [0, 0.05) is 11.5 Å². The van der Waals surface area contributed by atoms with E-state index in [-0.39, 0.29) is 11.7 Å². The van der Waals surface area contributed by atoms with Gasteiger partial charge in [-0.05, 0) is 49.1 Å². The minimum Gasteiger partial charge on any atom is -0.497 e. The number of aryl methyl sites for hydroxylation is 1. The van der Waals surface area contributed by atoms with Crippen molar-refractivity contribution >= 4 is 5.78 Å². The van der Waals surface area contributed by atoms with Gasteiger partial charge in [-0.3, -0.25) is 4.79 Å². The van der Waals surface area contributed by atoms with Crippen LogP contribution in [-0.4, -0.2) is 12.9 Å². The molecule has 1 aliphatic rings. The smallest absolute Gasteiger partial charge is 0.166 e. The minimum absolute atomic E-state index is 0.144. The number of carbonyl (C=O) groups is 1. The van der Waals surface area contributed by atoms with E-state index in [4.69, 9.17) is 4.74 Å². The third-order valence-corrected chi connectivity index (χ3v) is 3.97. The molecule has 1 aliphatic carbocycles. The Balaban J connectivity index is 1.73. The first-order chi connectivity index (χ1) is 9.69. The number of Topliss-reactive ketones (excluding diaryl/α,β-unsaturated/α-hetero) is 1. The summed E-state index contributed by atoms with van der Waals surface area (Å²) >= 11 is 0. The fourth-order valence-electron chi connectivity index (χ4n) is 2.72. The Bertz CT molecular complexity index is 628. The topological polar surface area (TPSA) is 26.3 Å². The molecule has 2 aromatic carbocycles. The van der Waals surface area contributed by atoms with Gasteiger partial charge in [-0.2, -0.15) is 0 Å². The molecule has 0 spiro atoms. The first-order valence-electron chi connectivity index (χ1n) is 6.94. The van der Waals surface area contributed by atoms with Crippen LogP contribution in [0, 0.1) is 12.8 Å². The summed E-state index contributed by atoms with van der Waals surface area (Å²) in [5.41, 5.74) is 3.33. The number of rotatable bonds is 4. The second-order valence-electron chi connectivity index (χ2n) is 5.46. The fourth-order valence-corrected chi connectivity index (χ4v) is 2.72. The second-order valence-corrected chi connectivity index (χ2v) is 5.46. The lowest BCUT2D eigenvalue weighted by Crippen LogP contribution is -2.03. The van der Waals surface area contributed by atoms with Crippen LogP contribution in [0.4, 0.5) is 0 Å². The Kier molecular flexibility index (Phi) is 3.31. The molecule has 0 aromatic heterocycles. The highest BCUT2D eigenvalue weighted by Gasteiger charge is 2.43. The van der Waals surface area contributed by atoms with Gasteiger partial charge >= 0.3 is 0 Å². The maximum absolute atomic E-state index is 12.4. The van der Waals surface area contributed by atoms with Gasteiger partial charge in [0.05, 0.1) is 7.11 Å². The lowest BCUT2D eigenvalue weighted by atomic mass is 10.0. The van der Waals surface area contributed by atoms with Crippen molar-refractivity contribution in [2.75, 3.05) is 7.11 Å². The van der Waals surface area contributed by atoms with E-state index in [1.165, 1.54) is 11.1 Å². The molecule has 0 aliphatic heterocycles. The maximum atomic E-state index is 12.4. The largest absolute Gasteiger partial charge is 0.497 e. The van der Waals surface area contributed by atoms with Crippen LogP contribution in [0.2, 0.25) is 0 Å². The van der Waals surface area contributed by atoms with Crippen molar-refractivity contribution in [2.45, 2.75) is 19.3 Å². The summed E-state index contributed by atoms with van der Waals surface area (Å²) in [6, 6.07) is 15.9. The number of carbonyl (C=O) groups excluding carboxylic acids is 1. The maximum Gasteiger partial charge on any atom is 0.166 e. The number of methoxy groups -OCH3 is 1. The molecule has 0 N–H and O–H groups in total. The number of hydrogen-bond acceptors (Lipinski definition) is 2. The van der Waals surface area contributed by atoms with Gasteiger partial charge in [-0.25, -0.2) is 0 Å². The highest BCUT2D eigenvalue weighted by atomic mass is 16.5. The molecule has 3 rings (SSSR count). The van der Waals surface area contributed by atoms with E-state index < -0.39 is 0 Å². The Morgan fingerprint density at radius 1 is 1.15 bits per heavy atom. The van der Waals surface area contributed by atoms with E-state index in [1.807, 2.05) is 24.3 Å². The first kappa shape index (κ1) is 12.9. The fraction of sp³-hybridized carbons (Fsp3) is 0.278. The highest BCUT2D eigenvalue weighted by molar-refractivity contribution is 6.00. The Hall–Kier alpha value is -2.09. The third kappa shape index (κ3) is 2.46. The summed E-state index contributed by atoms with van der Waals surface area (Å²) in [6.45, 7) is 2.09. The number of hydrogen-bond donors (Lipinski definition) is 0. The number of ether oxygens (including phenoxy) is 1. The molecule has 2 nitrogen and oxygen atoms in total. The second kappa shape index (κ2) is 5.12. The van der Waals surface area contributed by atoms with E-state index in [0.29, 0.717) is 5.92 Å². The molecule has 2 heteroatoms. The number of ketones is 1. The zero-order valence-corrected chi connectivity index (χ0v) is 11.8. The van der Waals surface area contributed by atoms with E-state index >= 15 is 0 Å². The summed E-state index contributed by atoms with van der Waals surface area (Å²) < 4.78 is 5.12. The monoisotopic (exact) mass is 266 g/mol. The zero-order chi connectivity index (χ0) is 14.1. The van der Waals surface area contributed by atoms with Crippen molar-refractivity contribution in [3.05, 3.63) is 65.2 Å². The molecule has 0 amide bonds. The Morgan fingerprint density at radius 3 is 2.55 bits per heavy atom. The van der Waals surface area contributed by atoms with Crippen molar-refractivity contribution in [3.63, 3.8) is 0 Å². The first-order valence-corrected chi connectivity index (χ1v) is 6.94. The molecule has 0 heterocycles. The molecule has 0 saturated heterocycles. The minimum atomic E-state index is 0.144. The molecule has 0 bridgehead atoms. The van der Waals surface area contributed by atoms with Crippen LogP contribution < -0.4 is 4.74 Å². The molecule has 1 fully saturated rings. The van der Waals surface area contributed by atoms with E-state index in [1.54, 1.807) is 7.11 Å². The molecule has 102 valence electrons. The lowest BCUT2D eigenvalue weighted by molar-refractivity contribution is 0.0965. The molecule has 2 unspecified atom stereocenters. The average molecular weight is 266 g/mol. The van der Waals surface area contributed by atoms with Crippen molar-refractivity contribution in [2.24, 2.45) is 5.92 Å². The van der Waals surface area contributed by atoms with Gasteiger partial charge in [0.1, 0.15) is 5.75 Å². The quantitative estimate of drug-likeness (QED) is 0.782. The van der Waals surface area contributed by atoms with Gasteiger partial charge in [0.25, 0.3) is 0 Å². The van der Waals surface area contributed by atoms with Crippen LogP contribution in [0.1, 0.15) is 33.8 Å². The Labute approximate surface area is 119 Å². The normalized spacial score (nSPS) is 20.5. The number of benzene rings is 2. The summed E-state index contributed by atoms with van der Waals surface area (Å²) in [5, 5.41) is 0.